The van der Waals surface area contributed by atoms with Crippen molar-refractivity contribution in [3.63, 3.8) is 0 Å². The molecule has 0 radical (unpaired) electrons. The molecule has 0 saturated heterocycles. The van der Waals surface area contributed by atoms with E-state index in [9.17, 15) is 0 Å². The molecule has 2 rings (SSSR count). The molecule has 0 aliphatic heterocycles. The van der Waals surface area contributed by atoms with Crippen molar-refractivity contribution in [1.29, 1.82) is 0 Å². The van der Waals surface area contributed by atoms with Crippen molar-refractivity contribution >= 4 is 23.3 Å². The number of aromatic nitrogens is 4. The summed E-state index contributed by atoms with van der Waals surface area (Å²) in [6.07, 6.45) is 3.70. The molecule has 0 aliphatic rings. The first-order chi connectivity index (χ1) is 8.92. The molecular weight excluding hydrogens is 278 g/mol. The molecule has 2 aromatic heterocycles. The molecule has 2 aromatic rings. The third kappa shape index (κ3) is 4.85. The van der Waals surface area contributed by atoms with E-state index in [0.717, 1.165) is 22.3 Å². The zero-order valence-corrected chi connectivity index (χ0v) is 13.1. The van der Waals surface area contributed by atoms with Gasteiger partial charge in [-0.15, -0.1) is 0 Å². The van der Waals surface area contributed by atoms with Gasteiger partial charge in [-0.1, -0.05) is 0 Å². The third-order valence-electron chi connectivity index (χ3n) is 2.19. The molecule has 7 heteroatoms. The second-order valence-corrected chi connectivity index (χ2v) is 7.15. The van der Waals surface area contributed by atoms with Crippen LogP contribution in [-0.2, 0) is 6.54 Å². The lowest BCUT2D eigenvalue weighted by molar-refractivity contribution is 0.423. The number of nitrogens with zero attached hydrogens (tertiary/aromatic N) is 4. The number of nitrogens with one attached hydrogen (secondary N) is 1. The van der Waals surface area contributed by atoms with Crippen LogP contribution in [0.1, 0.15) is 32.2 Å². The molecule has 19 heavy (non-hydrogen) atoms. The summed E-state index contributed by atoms with van der Waals surface area (Å²) in [6.45, 7) is 9.05. The fourth-order valence-electron chi connectivity index (χ4n) is 1.25. The van der Waals surface area contributed by atoms with Gasteiger partial charge in [-0.25, -0.2) is 15.0 Å². The largest absolute Gasteiger partial charge is 0.308 e. The predicted molar refractivity (Wildman–Crippen MR) is 77.4 cm³/mol. The fraction of sp³-hybridized carbons (Fsp3) is 0.500. The SMILES string of the molecule is Cc1nsc(Sc2ncc(CNC(C)(C)C)cn2)n1. The minimum atomic E-state index is 0.0947. The van der Waals surface area contributed by atoms with Gasteiger partial charge < -0.3 is 5.32 Å². The first-order valence-electron chi connectivity index (χ1n) is 5.96. The summed E-state index contributed by atoms with van der Waals surface area (Å²) in [5.41, 5.74) is 1.17. The van der Waals surface area contributed by atoms with Gasteiger partial charge in [-0.2, -0.15) is 4.37 Å². The second-order valence-electron chi connectivity index (χ2n) is 5.19. The Kier molecular flexibility index (Phi) is 4.49. The van der Waals surface area contributed by atoms with Gasteiger partial charge in [0.05, 0.1) is 0 Å². The van der Waals surface area contributed by atoms with E-state index in [-0.39, 0.29) is 5.54 Å². The average molecular weight is 295 g/mol. The van der Waals surface area contributed by atoms with Crippen LogP contribution in [0.3, 0.4) is 0 Å². The van der Waals surface area contributed by atoms with Crippen molar-refractivity contribution in [3.05, 3.63) is 23.8 Å². The van der Waals surface area contributed by atoms with E-state index < -0.39 is 0 Å². The maximum absolute atomic E-state index is 4.33. The monoisotopic (exact) mass is 295 g/mol. The highest BCUT2D eigenvalue weighted by Gasteiger charge is 2.09. The predicted octanol–water partition coefficient (Wildman–Crippen LogP) is 2.68. The van der Waals surface area contributed by atoms with Gasteiger partial charge in [0.2, 0.25) is 0 Å². The summed E-state index contributed by atoms with van der Waals surface area (Å²) in [5, 5.41) is 4.11. The summed E-state index contributed by atoms with van der Waals surface area (Å²) >= 11 is 2.81. The van der Waals surface area contributed by atoms with Gasteiger partial charge in [0, 0.05) is 30.0 Å². The maximum atomic E-state index is 4.33. The number of hydrogen-bond acceptors (Lipinski definition) is 7. The molecule has 0 saturated carbocycles. The molecule has 0 unspecified atom stereocenters. The Morgan fingerprint density at radius 2 is 1.95 bits per heavy atom. The minimum Gasteiger partial charge on any atom is -0.308 e. The second kappa shape index (κ2) is 5.94. The quantitative estimate of drug-likeness (QED) is 0.875. The van der Waals surface area contributed by atoms with Crippen LogP contribution in [0.5, 0.6) is 0 Å². The van der Waals surface area contributed by atoms with Crippen LogP contribution in [0.15, 0.2) is 21.9 Å². The van der Waals surface area contributed by atoms with Gasteiger partial charge in [0.1, 0.15) is 5.82 Å². The van der Waals surface area contributed by atoms with E-state index in [1.54, 1.807) is 0 Å². The summed E-state index contributed by atoms with van der Waals surface area (Å²) in [7, 11) is 0. The van der Waals surface area contributed by atoms with Crippen molar-refractivity contribution in [2.75, 3.05) is 0 Å². The van der Waals surface area contributed by atoms with Crippen molar-refractivity contribution in [3.8, 4) is 0 Å². The molecule has 0 amide bonds. The van der Waals surface area contributed by atoms with Crippen LogP contribution in [0.4, 0.5) is 0 Å². The van der Waals surface area contributed by atoms with Crippen LogP contribution in [0.25, 0.3) is 0 Å². The molecule has 0 bridgehead atoms. The summed E-state index contributed by atoms with van der Waals surface area (Å²) < 4.78 is 5.00. The van der Waals surface area contributed by atoms with E-state index in [2.05, 4.69) is 45.4 Å². The van der Waals surface area contributed by atoms with Gasteiger partial charge in [-0.05, 0) is 51.0 Å². The first-order valence-corrected chi connectivity index (χ1v) is 7.55. The Bertz CT molecular complexity index is 530. The van der Waals surface area contributed by atoms with Crippen molar-refractivity contribution in [2.24, 2.45) is 0 Å². The molecule has 0 aliphatic carbocycles. The molecular formula is C12H17N5S2. The van der Waals surface area contributed by atoms with Gasteiger partial charge in [0.15, 0.2) is 9.50 Å². The van der Waals surface area contributed by atoms with Crippen LogP contribution in [0.2, 0.25) is 0 Å². The normalized spacial score (nSPS) is 11.8. The lowest BCUT2D eigenvalue weighted by atomic mass is 10.1. The molecule has 0 fully saturated rings. The maximum Gasteiger partial charge on any atom is 0.194 e. The Labute approximate surface area is 121 Å². The van der Waals surface area contributed by atoms with Crippen LogP contribution in [-0.4, -0.2) is 24.9 Å². The lowest BCUT2D eigenvalue weighted by Gasteiger charge is -2.20. The molecule has 5 nitrogen and oxygen atoms in total. The van der Waals surface area contributed by atoms with Crippen molar-refractivity contribution in [2.45, 2.75) is 49.3 Å². The van der Waals surface area contributed by atoms with E-state index in [4.69, 9.17) is 0 Å². The highest BCUT2D eigenvalue weighted by molar-refractivity contribution is 8.00. The smallest absolute Gasteiger partial charge is 0.194 e. The summed E-state index contributed by atoms with van der Waals surface area (Å²) in [6, 6.07) is 0. The zero-order valence-electron chi connectivity index (χ0n) is 11.5. The Balaban J connectivity index is 1.95. The molecule has 0 atom stereocenters. The number of rotatable bonds is 4. The highest BCUT2D eigenvalue weighted by Crippen LogP contribution is 2.25. The van der Waals surface area contributed by atoms with E-state index in [1.165, 1.54) is 23.3 Å². The van der Waals surface area contributed by atoms with Crippen molar-refractivity contribution < 1.29 is 0 Å². The first kappa shape index (κ1) is 14.4. The Morgan fingerprint density at radius 1 is 1.26 bits per heavy atom. The number of hydrogen-bond donors (Lipinski definition) is 1. The van der Waals surface area contributed by atoms with E-state index in [0.29, 0.717) is 5.16 Å². The van der Waals surface area contributed by atoms with E-state index in [1.807, 2.05) is 19.3 Å². The van der Waals surface area contributed by atoms with Gasteiger partial charge in [0.25, 0.3) is 0 Å². The molecule has 0 spiro atoms. The van der Waals surface area contributed by atoms with Crippen molar-refractivity contribution in [1.82, 2.24) is 24.6 Å². The minimum absolute atomic E-state index is 0.0947. The van der Waals surface area contributed by atoms with Crippen LogP contribution >= 0.6 is 23.3 Å². The van der Waals surface area contributed by atoms with Gasteiger partial charge >= 0.3 is 0 Å². The standard InChI is InChI=1S/C12H17N5S2/c1-8-16-11(19-17-8)18-10-13-5-9(6-14-10)7-15-12(2,3)4/h5-6,15H,7H2,1-4H3. The summed E-state index contributed by atoms with van der Waals surface area (Å²) in [4.78, 5) is 12.9. The van der Waals surface area contributed by atoms with Crippen LogP contribution < -0.4 is 5.32 Å². The highest BCUT2D eigenvalue weighted by atomic mass is 32.2. The summed E-state index contributed by atoms with van der Waals surface area (Å²) in [5.74, 6) is 0.790. The molecule has 2 heterocycles. The molecule has 1 N–H and O–H groups in total. The molecule has 102 valence electrons. The average Bonchev–Trinajstić information content (AvgIpc) is 2.73. The molecule has 0 aromatic carbocycles. The van der Waals surface area contributed by atoms with E-state index >= 15 is 0 Å². The van der Waals surface area contributed by atoms with Gasteiger partial charge in [-0.3, -0.25) is 0 Å². The Morgan fingerprint density at radius 3 is 2.47 bits per heavy atom. The number of aryl methyl sites for hydroxylation is 1. The fourth-order valence-corrected chi connectivity index (χ4v) is 2.70. The topological polar surface area (TPSA) is 63.6 Å². The Hall–Kier alpha value is -1.05. The zero-order chi connectivity index (χ0) is 13.9. The van der Waals surface area contributed by atoms with Crippen LogP contribution in [0, 0.1) is 6.92 Å². The lowest BCUT2D eigenvalue weighted by Crippen LogP contribution is -2.35. The third-order valence-corrected chi connectivity index (χ3v) is 3.93.